The van der Waals surface area contributed by atoms with Crippen molar-refractivity contribution in [2.75, 3.05) is 0 Å². The summed E-state index contributed by atoms with van der Waals surface area (Å²) in [7, 11) is 0. The third-order valence-corrected chi connectivity index (χ3v) is 1.82. The van der Waals surface area contributed by atoms with Gasteiger partial charge >= 0.3 is 6.16 Å². The molecular formula is C11H20O5. The maximum Gasteiger partial charge on any atom is 0.508 e. The molecule has 5 nitrogen and oxygen atoms in total. The maximum absolute atomic E-state index is 10.4. The molecule has 0 aromatic heterocycles. The third-order valence-electron chi connectivity index (χ3n) is 1.82. The van der Waals surface area contributed by atoms with E-state index in [1.807, 2.05) is 20.8 Å². The van der Waals surface area contributed by atoms with Gasteiger partial charge in [0, 0.05) is 0 Å². The van der Waals surface area contributed by atoms with Crippen molar-refractivity contribution in [1.82, 2.24) is 0 Å². The minimum absolute atomic E-state index is 0.426. The van der Waals surface area contributed by atoms with Gasteiger partial charge in [0.15, 0.2) is 0 Å². The predicted octanol–water partition coefficient (Wildman–Crippen LogP) is 3.11. The average Bonchev–Trinajstić information content (AvgIpc) is 2.11. The Morgan fingerprint density at radius 2 is 2.06 bits per heavy atom. The van der Waals surface area contributed by atoms with Crippen LogP contribution < -0.4 is 0 Å². The Hall–Kier alpha value is -1.07. The van der Waals surface area contributed by atoms with Gasteiger partial charge in [0.05, 0.1) is 5.60 Å². The van der Waals surface area contributed by atoms with Gasteiger partial charge < -0.3 is 9.84 Å². The minimum atomic E-state index is -1.43. The van der Waals surface area contributed by atoms with Gasteiger partial charge in [0.1, 0.15) is 0 Å². The van der Waals surface area contributed by atoms with Gasteiger partial charge in [-0.3, -0.25) is 0 Å². The van der Waals surface area contributed by atoms with Crippen molar-refractivity contribution in [3.05, 3.63) is 12.2 Å². The van der Waals surface area contributed by atoms with Crippen molar-refractivity contribution in [3.63, 3.8) is 0 Å². The average molecular weight is 232 g/mol. The molecule has 0 spiro atoms. The number of ether oxygens (including phenoxy) is 1. The highest BCUT2D eigenvalue weighted by molar-refractivity contribution is 5.57. The maximum atomic E-state index is 10.4. The van der Waals surface area contributed by atoms with E-state index in [1.165, 1.54) is 0 Å². The Bertz CT molecular complexity index is 247. The van der Waals surface area contributed by atoms with Crippen molar-refractivity contribution in [2.45, 2.75) is 52.4 Å². The molecule has 16 heavy (non-hydrogen) atoms. The quantitative estimate of drug-likeness (QED) is 0.240. The number of hydrogen-bond acceptors (Lipinski definition) is 4. The third kappa shape index (κ3) is 6.42. The van der Waals surface area contributed by atoms with Crippen LogP contribution in [0, 0.1) is 0 Å². The van der Waals surface area contributed by atoms with E-state index in [0.29, 0.717) is 5.57 Å². The van der Waals surface area contributed by atoms with Crippen molar-refractivity contribution in [2.24, 2.45) is 0 Å². The highest BCUT2D eigenvalue weighted by Crippen LogP contribution is 2.19. The van der Waals surface area contributed by atoms with Crippen LogP contribution in [0.3, 0.4) is 0 Å². The second-order valence-corrected chi connectivity index (χ2v) is 4.25. The van der Waals surface area contributed by atoms with E-state index < -0.39 is 18.0 Å². The van der Waals surface area contributed by atoms with Gasteiger partial charge in [-0.05, 0) is 32.8 Å². The summed E-state index contributed by atoms with van der Waals surface area (Å²) in [5.74, 6) is 0. The molecule has 0 aliphatic heterocycles. The molecular weight excluding hydrogens is 212 g/mol. The highest BCUT2D eigenvalue weighted by atomic mass is 17.2. The molecule has 1 atom stereocenters. The molecule has 0 fully saturated rings. The Morgan fingerprint density at radius 1 is 1.50 bits per heavy atom. The summed E-state index contributed by atoms with van der Waals surface area (Å²) in [5, 5.41) is 8.47. The van der Waals surface area contributed by atoms with Gasteiger partial charge in [-0.2, -0.15) is 4.89 Å². The molecule has 1 unspecified atom stereocenters. The summed E-state index contributed by atoms with van der Waals surface area (Å²) in [4.78, 5) is 20.4. The van der Waals surface area contributed by atoms with E-state index in [9.17, 15) is 4.79 Å². The smallest absolute Gasteiger partial charge is 0.450 e. The molecule has 5 heteroatoms. The molecule has 0 bridgehead atoms. The van der Waals surface area contributed by atoms with Crippen LogP contribution in [-0.2, 0) is 14.5 Å². The largest absolute Gasteiger partial charge is 0.508 e. The molecule has 0 aromatic carbocycles. The number of carboxylic acid groups (broad SMARTS) is 1. The lowest BCUT2D eigenvalue weighted by Crippen LogP contribution is -2.30. The second-order valence-electron chi connectivity index (χ2n) is 4.25. The monoisotopic (exact) mass is 232 g/mol. The molecule has 0 aliphatic rings. The zero-order valence-corrected chi connectivity index (χ0v) is 10.3. The Balaban J connectivity index is 4.21. The Kier molecular flexibility index (Phi) is 6.06. The summed E-state index contributed by atoms with van der Waals surface area (Å²) >= 11 is 0. The van der Waals surface area contributed by atoms with Crippen LogP contribution in [0.25, 0.3) is 0 Å². The first-order chi connectivity index (χ1) is 7.28. The fourth-order valence-electron chi connectivity index (χ4n) is 1.11. The first kappa shape index (κ1) is 14.9. The first-order valence-corrected chi connectivity index (χ1v) is 5.18. The van der Waals surface area contributed by atoms with Crippen LogP contribution in [0.4, 0.5) is 4.79 Å². The van der Waals surface area contributed by atoms with Gasteiger partial charge in [-0.15, -0.1) is 0 Å². The topological polar surface area (TPSA) is 65.0 Å². The summed E-state index contributed by atoms with van der Waals surface area (Å²) in [6.07, 6.45) is -0.782. The standard InChI is InChI=1S/C11H20O5/c1-6-7-11(4,5)16-15-9(8(2)3)14-10(12)13/h9H,2,6-7H2,1,3-5H3,(H,12,13). The Labute approximate surface area is 95.9 Å². The van der Waals surface area contributed by atoms with Crippen LogP contribution >= 0.6 is 0 Å². The van der Waals surface area contributed by atoms with Crippen molar-refractivity contribution < 1.29 is 24.4 Å². The summed E-state index contributed by atoms with van der Waals surface area (Å²) in [6.45, 7) is 10.9. The van der Waals surface area contributed by atoms with Gasteiger partial charge in [-0.25, -0.2) is 9.68 Å². The van der Waals surface area contributed by atoms with Crippen LogP contribution in [0.15, 0.2) is 12.2 Å². The summed E-state index contributed by atoms with van der Waals surface area (Å²) in [6, 6.07) is 0. The van der Waals surface area contributed by atoms with Crippen LogP contribution in [-0.4, -0.2) is 23.2 Å². The van der Waals surface area contributed by atoms with E-state index in [2.05, 4.69) is 11.3 Å². The molecule has 0 rings (SSSR count). The molecule has 0 radical (unpaired) electrons. The summed E-state index contributed by atoms with van der Waals surface area (Å²) in [5.41, 5.74) is -0.0562. The summed E-state index contributed by atoms with van der Waals surface area (Å²) < 4.78 is 4.46. The zero-order chi connectivity index (χ0) is 12.8. The SMILES string of the molecule is C=C(C)C(OOC(C)(C)CCC)OC(=O)O. The predicted molar refractivity (Wildman–Crippen MR) is 58.9 cm³/mol. The van der Waals surface area contributed by atoms with Crippen LogP contribution in [0.2, 0.25) is 0 Å². The normalized spacial score (nSPS) is 13.2. The highest BCUT2D eigenvalue weighted by Gasteiger charge is 2.23. The van der Waals surface area contributed by atoms with Crippen molar-refractivity contribution in [3.8, 4) is 0 Å². The molecule has 0 saturated carbocycles. The van der Waals surface area contributed by atoms with Crippen molar-refractivity contribution in [1.29, 1.82) is 0 Å². The van der Waals surface area contributed by atoms with E-state index in [1.54, 1.807) is 6.92 Å². The van der Waals surface area contributed by atoms with Gasteiger partial charge in [0.25, 0.3) is 6.29 Å². The molecule has 1 N–H and O–H groups in total. The molecule has 0 saturated heterocycles. The molecule has 94 valence electrons. The molecule has 0 aliphatic carbocycles. The van der Waals surface area contributed by atoms with E-state index in [-0.39, 0.29) is 0 Å². The van der Waals surface area contributed by atoms with E-state index in [0.717, 1.165) is 12.8 Å². The molecule has 0 amide bonds. The molecule has 0 heterocycles. The van der Waals surface area contributed by atoms with Crippen LogP contribution in [0.5, 0.6) is 0 Å². The van der Waals surface area contributed by atoms with Gasteiger partial charge in [0.2, 0.25) is 0 Å². The first-order valence-electron chi connectivity index (χ1n) is 5.18. The number of hydrogen-bond donors (Lipinski definition) is 1. The lowest BCUT2D eigenvalue weighted by atomic mass is 10.0. The van der Waals surface area contributed by atoms with E-state index in [4.69, 9.17) is 14.9 Å². The fraction of sp³-hybridized carbons (Fsp3) is 0.727. The van der Waals surface area contributed by atoms with Crippen molar-refractivity contribution >= 4 is 6.16 Å². The second kappa shape index (κ2) is 6.50. The zero-order valence-electron chi connectivity index (χ0n) is 10.3. The number of carbonyl (C=O) groups is 1. The minimum Gasteiger partial charge on any atom is -0.450 e. The Morgan fingerprint density at radius 3 is 2.44 bits per heavy atom. The van der Waals surface area contributed by atoms with Gasteiger partial charge in [-0.1, -0.05) is 19.9 Å². The molecule has 0 aromatic rings. The van der Waals surface area contributed by atoms with E-state index >= 15 is 0 Å². The lowest BCUT2D eigenvalue weighted by Gasteiger charge is -2.25. The fourth-order valence-corrected chi connectivity index (χ4v) is 1.11. The number of rotatable bonds is 7. The van der Waals surface area contributed by atoms with Crippen LogP contribution in [0.1, 0.15) is 40.5 Å². The lowest BCUT2D eigenvalue weighted by molar-refractivity contribution is -0.403.